The van der Waals surface area contributed by atoms with Crippen molar-refractivity contribution in [3.8, 4) is 0 Å². The number of anilines is 1. The first-order valence-corrected chi connectivity index (χ1v) is 10.3. The van der Waals surface area contributed by atoms with Gasteiger partial charge in [-0.3, -0.25) is 14.4 Å². The van der Waals surface area contributed by atoms with Gasteiger partial charge in [-0.25, -0.2) is 8.42 Å². The standard InChI is InChI=1S/C18H25N5O3S/c1-14-18(15(2)21(3)20-14)19-17(24)13-22-9-11-23(12-10-22)27(25,26)16-7-5-4-6-8-16/h4-8H,9-13H2,1-3H3,(H,19,24). The third kappa shape index (κ3) is 4.20. The van der Waals surface area contributed by atoms with Crippen LogP contribution in [0.1, 0.15) is 11.4 Å². The van der Waals surface area contributed by atoms with E-state index in [1.54, 1.807) is 35.0 Å². The zero-order valence-electron chi connectivity index (χ0n) is 15.8. The molecule has 0 saturated carbocycles. The molecular weight excluding hydrogens is 366 g/mol. The maximum absolute atomic E-state index is 12.7. The first-order chi connectivity index (χ1) is 12.8. The molecule has 9 heteroatoms. The monoisotopic (exact) mass is 391 g/mol. The molecule has 1 aromatic heterocycles. The highest BCUT2D eigenvalue weighted by Crippen LogP contribution is 2.19. The van der Waals surface area contributed by atoms with Gasteiger partial charge in [-0.1, -0.05) is 18.2 Å². The third-order valence-electron chi connectivity index (χ3n) is 4.85. The molecule has 1 aliphatic heterocycles. The highest BCUT2D eigenvalue weighted by Gasteiger charge is 2.29. The summed E-state index contributed by atoms with van der Waals surface area (Å²) in [5, 5.41) is 7.21. The molecule has 146 valence electrons. The second-order valence-corrected chi connectivity index (χ2v) is 8.65. The molecule has 3 rings (SSSR count). The van der Waals surface area contributed by atoms with Crippen LogP contribution in [0.5, 0.6) is 0 Å². The lowest BCUT2D eigenvalue weighted by atomic mass is 10.3. The van der Waals surface area contributed by atoms with Crippen LogP contribution < -0.4 is 5.32 Å². The first kappa shape index (κ1) is 19.5. The predicted octanol–water partition coefficient (Wildman–Crippen LogP) is 0.982. The van der Waals surface area contributed by atoms with Crippen LogP contribution in [-0.4, -0.2) is 66.0 Å². The summed E-state index contributed by atoms with van der Waals surface area (Å²) in [4.78, 5) is 14.6. The quantitative estimate of drug-likeness (QED) is 0.821. The molecule has 1 aliphatic rings. The molecule has 8 nitrogen and oxygen atoms in total. The minimum atomic E-state index is -3.48. The summed E-state index contributed by atoms with van der Waals surface area (Å²) in [6.07, 6.45) is 0. The Morgan fingerprint density at radius 2 is 1.74 bits per heavy atom. The molecule has 0 unspecified atom stereocenters. The van der Waals surface area contributed by atoms with Crippen LogP contribution in [0.3, 0.4) is 0 Å². The van der Waals surface area contributed by atoms with Crippen LogP contribution in [0, 0.1) is 13.8 Å². The molecule has 1 amide bonds. The van der Waals surface area contributed by atoms with Crippen LogP contribution in [0.25, 0.3) is 0 Å². The molecule has 1 N–H and O–H groups in total. The van der Waals surface area contributed by atoms with Crippen molar-refractivity contribution in [3.05, 3.63) is 41.7 Å². The van der Waals surface area contributed by atoms with E-state index in [0.29, 0.717) is 31.1 Å². The fraction of sp³-hybridized carbons (Fsp3) is 0.444. The van der Waals surface area contributed by atoms with Crippen molar-refractivity contribution in [2.45, 2.75) is 18.7 Å². The normalized spacial score (nSPS) is 16.4. The lowest BCUT2D eigenvalue weighted by Crippen LogP contribution is -2.50. The van der Waals surface area contributed by atoms with E-state index in [-0.39, 0.29) is 12.5 Å². The van der Waals surface area contributed by atoms with Gasteiger partial charge in [0.15, 0.2) is 0 Å². The maximum Gasteiger partial charge on any atom is 0.243 e. The summed E-state index contributed by atoms with van der Waals surface area (Å²) in [5.74, 6) is -0.117. The lowest BCUT2D eigenvalue weighted by Gasteiger charge is -2.33. The predicted molar refractivity (Wildman–Crippen MR) is 103 cm³/mol. The van der Waals surface area contributed by atoms with E-state index in [9.17, 15) is 13.2 Å². The zero-order chi connectivity index (χ0) is 19.6. The largest absolute Gasteiger partial charge is 0.322 e. The molecule has 0 atom stereocenters. The van der Waals surface area contributed by atoms with Crippen molar-refractivity contribution in [3.63, 3.8) is 0 Å². The summed E-state index contributed by atoms with van der Waals surface area (Å²) in [7, 11) is -1.64. The minimum absolute atomic E-state index is 0.117. The van der Waals surface area contributed by atoms with E-state index in [2.05, 4.69) is 10.4 Å². The number of piperazine rings is 1. The van der Waals surface area contributed by atoms with E-state index in [1.165, 1.54) is 4.31 Å². The Bertz CT molecular complexity index is 916. The molecule has 27 heavy (non-hydrogen) atoms. The summed E-state index contributed by atoms with van der Waals surface area (Å²) in [6, 6.07) is 8.44. The number of amides is 1. The van der Waals surface area contributed by atoms with Gasteiger partial charge in [-0.2, -0.15) is 9.40 Å². The number of carbonyl (C=O) groups excluding carboxylic acids is 1. The van der Waals surface area contributed by atoms with Crippen LogP contribution in [-0.2, 0) is 21.9 Å². The molecule has 0 aliphatic carbocycles. The highest BCUT2D eigenvalue weighted by atomic mass is 32.2. The number of nitrogens with one attached hydrogen (secondary N) is 1. The summed E-state index contributed by atoms with van der Waals surface area (Å²) in [5.41, 5.74) is 2.43. The lowest BCUT2D eigenvalue weighted by molar-refractivity contribution is -0.117. The Morgan fingerprint density at radius 3 is 2.30 bits per heavy atom. The molecule has 0 bridgehead atoms. The van der Waals surface area contributed by atoms with Crippen LogP contribution in [0.2, 0.25) is 0 Å². The van der Waals surface area contributed by atoms with Gasteiger partial charge < -0.3 is 5.32 Å². The molecule has 0 spiro atoms. The number of hydrogen-bond donors (Lipinski definition) is 1. The van der Waals surface area contributed by atoms with Crippen molar-refractivity contribution < 1.29 is 13.2 Å². The van der Waals surface area contributed by atoms with E-state index in [4.69, 9.17) is 0 Å². The summed E-state index contributed by atoms with van der Waals surface area (Å²) in [6.45, 7) is 5.77. The van der Waals surface area contributed by atoms with E-state index >= 15 is 0 Å². The number of hydrogen-bond acceptors (Lipinski definition) is 5. The Hall–Kier alpha value is -2.23. The zero-order valence-corrected chi connectivity index (χ0v) is 16.7. The van der Waals surface area contributed by atoms with Crippen molar-refractivity contribution in [1.29, 1.82) is 0 Å². The number of aromatic nitrogens is 2. The number of rotatable bonds is 5. The van der Waals surface area contributed by atoms with Gasteiger partial charge in [0.05, 0.1) is 28.5 Å². The number of benzene rings is 1. The van der Waals surface area contributed by atoms with Crippen LogP contribution in [0.15, 0.2) is 35.2 Å². The van der Waals surface area contributed by atoms with E-state index in [0.717, 1.165) is 17.1 Å². The molecule has 0 radical (unpaired) electrons. The van der Waals surface area contributed by atoms with Crippen molar-refractivity contribution in [1.82, 2.24) is 19.0 Å². The summed E-state index contributed by atoms with van der Waals surface area (Å²) >= 11 is 0. The van der Waals surface area contributed by atoms with Crippen LogP contribution in [0.4, 0.5) is 5.69 Å². The Morgan fingerprint density at radius 1 is 1.11 bits per heavy atom. The van der Waals surface area contributed by atoms with Gasteiger partial charge in [0.1, 0.15) is 0 Å². The average molecular weight is 391 g/mol. The Kier molecular flexibility index (Phi) is 5.64. The fourth-order valence-corrected chi connectivity index (χ4v) is 4.65. The third-order valence-corrected chi connectivity index (χ3v) is 6.77. The maximum atomic E-state index is 12.7. The van der Waals surface area contributed by atoms with E-state index < -0.39 is 10.0 Å². The van der Waals surface area contributed by atoms with Gasteiger partial charge in [0, 0.05) is 33.2 Å². The smallest absolute Gasteiger partial charge is 0.243 e. The number of carbonyl (C=O) groups is 1. The fourth-order valence-electron chi connectivity index (χ4n) is 3.21. The molecule has 2 aromatic rings. The second kappa shape index (κ2) is 7.79. The highest BCUT2D eigenvalue weighted by molar-refractivity contribution is 7.89. The minimum Gasteiger partial charge on any atom is -0.322 e. The SMILES string of the molecule is Cc1nn(C)c(C)c1NC(=O)CN1CCN(S(=O)(=O)c2ccccc2)CC1. The topological polar surface area (TPSA) is 87.5 Å². The number of nitrogens with zero attached hydrogens (tertiary/aromatic N) is 4. The number of aryl methyl sites for hydroxylation is 2. The van der Waals surface area contributed by atoms with Gasteiger partial charge in [0.2, 0.25) is 15.9 Å². The molecule has 1 saturated heterocycles. The second-order valence-electron chi connectivity index (χ2n) is 6.71. The molecule has 2 heterocycles. The van der Waals surface area contributed by atoms with Gasteiger partial charge in [0.25, 0.3) is 0 Å². The van der Waals surface area contributed by atoms with Crippen molar-refractivity contribution in [2.75, 3.05) is 38.0 Å². The van der Waals surface area contributed by atoms with E-state index in [1.807, 2.05) is 25.8 Å². The Balaban J connectivity index is 1.56. The number of sulfonamides is 1. The van der Waals surface area contributed by atoms with Crippen molar-refractivity contribution in [2.24, 2.45) is 7.05 Å². The molecule has 1 fully saturated rings. The average Bonchev–Trinajstić information content (AvgIpc) is 2.89. The molecular formula is C18H25N5O3S. The van der Waals surface area contributed by atoms with Crippen molar-refractivity contribution >= 4 is 21.6 Å². The van der Waals surface area contributed by atoms with Gasteiger partial charge in [-0.15, -0.1) is 0 Å². The van der Waals surface area contributed by atoms with Gasteiger partial charge in [-0.05, 0) is 26.0 Å². The first-order valence-electron chi connectivity index (χ1n) is 8.86. The van der Waals surface area contributed by atoms with Crippen LogP contribution >= 0.6 is 0 Å². The summed E-state index contributed by atoms with van der Waals surface area (Å²) < 4.78 is 28.5. The Labute approximate surface area is 159 Å². The van der Waals surface area contributed by atoms with Gasteiger partial charge >= 0.3 is 0 Å². The molecule has 1 aromatic carbocycles.